The molecule has 0 aliphatic carbocycles. The molecule has 1 N–H and O–H groups in total. The lowest BCUT2D eigenvalue weighted by atomic mass is 10.0. The number of hydrogen-bond acceptors (Lipinski definition) is 2. The lowest BCUT2D eigenvalue weighted by molar-refractivity contribution is 0.464. The maximum Gasteiger partial charge on any atom is 0.108 e. The van der Waals surface area contributed by atoms with Gasteiger partial charge >= 0.3 is 0 Å². The summed E-state index contributed by atoms with van der Waals surface area (Å²) < 4.78 is 5.48. The van der Waals surface area contributed by atoms with E-state index in [1.807, 2.05) is 6.26 Å². The first-order valence-corrected chi connectivity index (χ1v) is 6.13. The van der Waals surface area contributed by atoms with E-state index in [9.17, 15) is 0 Å². The summed E-state index contributed by atoms with van der Waals surface area (Å²) in [5.41, 5.74) is 1.35. The van der Waals surface area contributed by atoms with Gasteiger partial charge in [-0.1, -0.05) is 27.2 Å². The second kappa shape index (κ2) is 6.67. The average Bonchev–Trinajstić information content (AvgIpc) is 2.72. The molecule has 1 unspecified atom stereocenters. The fourth-order valence-corrected chi connectivity index (χ4v) is 1.92. The van der Waals surface area contributed by atoms with Crippen LogP contribution in [0.2, 0.25) is 0 Å². The van der Waals surface area contributed by atoms with E-state index < -0.39 is 0 Å². The first kappa shape index (κ1) is 12.3. The topological polar surface area (TPSA) is 25.2 Å². The molecule has 0 aliphatic heterocycles. The van der Waals surface area contributed by atoms with E-state index in [4.69, 9.17) is 4.42 Å². The minimum atomic E-state index is 0.476. The molecule has 1 atom stereocenters. The molecule has 1 aromatic rings. The van der Waals surface area contributed by atoms with Crippen LogP contribution in [0, 0.1) is 0 Å². The Kier molecular flexibility index (Phi) is 5.48. The van der Waals surface area contributed by atoms with Crippen LogP contribution in [0.3, 0.4) is 0 Å². The zero-order chi connectivity index (χ0) is 11.1. The molecule has 1 aromatic heterocycles. The number of rotatable bonds is 7. The first-order chi connectivity index (χ1) is 7.33. The molecule has 0 aliphatic rings. The highest BCUT2D eigenvalue weighted by Crippen LogP contribution is 2.23. The fourth-order valence-electron chi connectivity index (χ4n) is 1.92. The number of furan rings is 1. The van der Waals surface area contributed by atoms with Crippen molar-refractivity contribution in [2.24, 2.45) is 0 Å². The van der Waals surface area contributed by atoms with Crippen LogP contribution in [0.15, 0.2) is 16.7 Å². The summed E-state index contributed by atoms with van der Waals surface area (Å²) in [4.78, 5) is 0. The number of hydrogen-bond donors (Lipinski definition) is 1. The molecule has 0 saturated carbocycles. The summed E-state index contributed by atoms with van der Waals surface area (Å²) in [6.07, 6.45) is 6.36. The Morgan fingerprint density at radius 2 is 2.07 bits per heavy atom. The normalized spacial score (nSPS) is 13.0. The van der Waals surface area contributed by atoms with E-state index in [0.29, 0.717) is 6.04 Å². The lowest BCUT2D eigenvalue weighted by Gasteiger charge is -2.17. The molecule has 0 aromatic carbocycles. The third kappa shape index (κ3) is 3.38. The zero-order valence-electron chi connectivity index (χ0n) is 10.2. The maximum absolute atomic E-state index is 5.48. The van der Waals surface area contributed by atoms with Gasteiger partial charge in [0.05, 0.1) is 6.26 Å². The molecule has 15 heavy (non-hydrogen) atoms. The van der Waals surface area contributed by atoms with E-state index in [0.717, 1.165) is 18.7 Å². The largest absolute Gasteiger partial charge is 0.469 e. The minimum Gasteiger partial charge on any atom is -0.469 e. The van der Waals surface area contributed by atoms with Gasteiger partial charge < -0.3 is 9.73 Å². The average molecular weight is 209 g/mol. The van der Waals surface area contributed by atoms with Crippen molar-refractivity contribution in [3.05, 3.63) is 23.7 Å². The van der Waals surface area contributed by atoms with Crippen molar-refractivity contribution >= 4 is 0 Å². The molecular weight excluding hydrogens is 186 g/mol. The Morgan fingerprint density at radius 1 is 1.27 bits per heavy atom. The third-order valence-electron chi connectivity index (χ3n) is 2.69. The van der Waals surface area contributed by atoms with Gasteiger partial charge in [-0.2, -0.15) is 0 Å². The molecule has 0 fully saturated rings. The van der Waals surface area contributed by atoms with Crippen LogP contribution in [0.1, 0.15) is 57.4 Å². The standard InChI is InChI=1S/C13H23NO/c1-4-7-12(14-9-5-2)11-8-10-15-13(11)6-3/h8,10,12,14H,4-7,9H2,1-3H3. The molecule has 0 saturated heterocycles. The van der Waals surface area contributed by atoms with Gasteiger partial charge in [-0.05, 0) is 25.5 Å². The SMILES string of the molecule is CCCNC(CCC)c1ccoc1CC. The highest BCUT2D eigenvalue weighted by molar-refractivity contribution is 5.21. The van der Waals surface area contributed by atoms with Crippen molar-refractivity contribution in [2.75, 3.05) is 6.54 Å². The van der Waals surface area contributed by atoms with E-state index >= 15 is 0 Å². The molecule has 1 rings (SSSR count). The minimum absolute atomic E-state index is 0.476. The van der Waals surface area contributed by atoms with Crippen molar-refractivity contribution in [1.82, 2.24) is 5.32 Å². The van der Waals surface area contributed by atoms with E-state index in [-0.39, 0.29) is 0 Å². The predicted octanol–water partition coefficient (Wildman–Crippen LogP) is 3.68. The molecule has 86 valence electrons. The van der Waals surface area contributed by atoms with Crippen LogP contribution in [-0.4, -0.2) is 6.54 Å². The van der Waals surface area contributed by atoms with Gasteiger partial charge in [0, 0.05) is 18.0 Å². The number of nitrogens with one attached hydrogen (secondary N) is 1. The lowest BCUT2D eigenvalue weighted by Crippen LogP contribution is -2.22. The zero-order valence-corrected chi connectivity index (χ0v) is 10.2. The summed E-state index contributed by atoms with van der Waals surface area (Å²) in [6.45, 7) is 7.66. The second-order valence-corrected chi connectivity index (χ2v) is 3.95. The van der Waals surface area contributed by atoms with Gasteiger partial charge in [0.15, 0.2) is 0 Å². The highest BCUT2D eigenvalue weighted by Gasteiger charge is 2.15. The monoisotopic (exact) mass is 209 g/mol. The Hall–Kier alpha value is -0.760. The van der Waals surface area contributed by atoms with Crippen LogP contribution < -0.4 is 5.32 Å². The predicted molar refractivity (Wildman–Crippen MR) is 64.0 cm³/mol. The summed E-state index contributed by atoms with van der Waals surface area (Å²) in [7, 11) is 0. The Morgan fingerprint density at radius 3 is 2.67 bits per heavy atom. The molecule has 1 heterocycles. The quantitative estimate of drug-likeness (QED) is 0.741. The van der Waals surface area contributed by atoms with E-state index in [1.165, 1.54) is 24.8 Å². The van der Waals surface area contributed by atoms with Gasteiger partial charge in [0.2, 0.25) is 0 Å². The van der Waals surface area contributed by atoms with Crippen molar-refractivity contribution in [2.45, 2.75) is 52.5 Å². The molecular formula is C13H23NO. The van der Waals surface area contributed by atoms with Gasteiger partial charge in [-0.15, -0.1) is 0 Å². The Bertz CT molecular complexity index is 267. The molecule has 0 spiro atoms. The molecule has 0 radical (unpaired) electrons. The third-order valence-corrected chi connectivity index (χ3v) is 2.69. The highest BCUT2D eigenvalue weighted by atomic mass is 16.3. The second-order valence-electron chi connectivity index (χ2n) is 3.95. The van der Waals surface area contributed by atoms with Crippen LogP contribution in [0.25, 0.3) is 0 Å². The maximum atomic E-state index is 5.48. The first-order valence-electron chi connectivity index (χ1n) is 6.13. The van der Waals surface area contributed by atoms with E-state index in [2.05, 4.69) is 32.2 Å². The molecule has 0 amide bonds. The Balaban J connectivity index is 2.69. The smallest absolute Gasteiger partial charge is 0.108 e. The Labute approximate surface area is 93.1 Å². The van der Waals surface area contributed by atoms with Gasteiger partial charge in [-0.3, -0.25) is 0 Å². The summed E-state index contributed by atoms with van der Waals surface area (Å²) in [5, 5.41) is 3.59. The summed E-state index contributed by atoms with van der Waals surface area (Å²) in [6, 6.07) is 2.59. The molecule has 0 bridgehead atoms. The molecule has 2 nitrogen and oxygen atoms in total. The van der Waals surface area contributed by atoms with Crippen LogP contribution in [0.4, 0.5) is 0 Å². The van der Waals surface area contributed by atoms with Crippen LogP contribution >= 0.6 is 0 Å². The summed E-state index contributed by atoms with van der Waals surface area (Å²) in [5.74, 6) is 1.14. The molecule has 2 heteroatoms. The van der Waals surface area contributed by atoms with Gasteiger partial charge in [0.1, 0.15) is 5.76 Å². The van der Waals surface area contributed by atoms with Crippen LogP contribution in [0.5, 0.6) is 0 Å². The van der Waals surface area contributed by atoms with Crippen molar-refractivity contribution in [1.29, 1.82) is 0 Å². The van der Waals surface area contributed by atoms with Crippen molar-refractivity contribution in [3.63, 3.8) is 0 Å². The fraction of sp³-hybridized carbons (Fsp3) is 0.692. The van der Waals surface area contributed by atoms with E-state index in [1.54, 1.807) is 0 Å². The summed E-state index contributed by atoms with van der Waals surface area (Å²) >= 11 is 0. The van der Waals surface area contributed by atoms with Gasteiger partial charge in [0.25, 0.3) is 0 Å². The van der Waals surface area contributed by atoms with Crippen molar-refractivity contribution < 1.29 is 4.42 Å². The van der Waals surface area contributed by atoms with Crippen molar-refractivity contribution in [3.8, 4) is 0 Å². The van der Waals surface area contributed by atoms with Gasteiger partial charge in [-0.25, -0.2) is 0 Å². The van der Waals surface area contributed by atoms with Crippen LogP contribution in [-0.2, 0) is 6.42 Å². The number of aryl methyl sites for hydroxylation is 1.